The van der Waals surface area contributed by atoms with E-state index < -0.39 is 0 Å². The van der Waals surface area contributed by atoms with Crippen molar-refractivity contribution in [2.24, 2.45) is 11.7 Å². The SMILES string of the molecule is Cl.NCC1CCCC1NC(=O)c1cc(-c2ccco2)nn1-c1ccccc1. The average Bonchev–Trinajstić information content (AvgIpc) is 3.41. The summed E-state index contributed by atoms with van der Waals surface area (Å²) in [5, 5.41) is 7.75. The van der Waals surface area contributed by atoms with E-state index in [1.165, 1.54) is 0 Å². The number of carbonyl (C=O) groups is 1. The Morgan fingerprint density at radius 2 is 2.04 bits per heavy atom. The molecule has 2 unspecified atom stereocenters. The van der Waals surface area contributed by atoms with Gasteiger partial charge in [0.2, 0.25) is 0 Å². The summed E-state index contributed by atoms with van der Waals surface area (Å²) in [5.74, 6) is 0.843. The molecule has 142 valence electrons. The Labute approximate surface area is 164 Å². The standard InChI is InChI=1S/C20H22N4O2.ClH/c21-13-14-6-4-9-16(14)22-20(25)18-12-17(19-10-5-11-26-19)23-24(18)15-7-2-1-3-8-15;/h1-3,5,7-8,10-12,14,16H,4,6,9,13,21H2,(H,22,25);1H. The van der Waals surface area contributed by atoms with Crippen molar-refractivity contribution in [3.8, 4) is 17.1 Å². The van der Waals surface area contributed by atoms with Crippen molar-refractivity contribution < 1.29 is 9.21 Å². The summed E-state index contributed by atoms with van der Waals surface area (Å²) >= 11 is 0. The molecule has 0 spiro atoms. The smallest absolute Gasteiger partial charge is 0.270 e. The summed E-state index contributed by atoms with van der Waals surface area (Å²) in [4.78, 5) is 13.0. The Bertz CT molecular complexity index is 877. The molecule has 6 nitrogen and oxygen atoms in total. The van der Waals surface area contributed by atoms with Gasteiger partial charge in [0.1, 0.15) is 11.4 Å². The second-order valence-corrected chi connectivity index (χ2v) is 6.65. The molecule has 2 heterocycles. The molecule has 0 radical (unpaired) electrons. The first-order chi connectivity index (χ1) is 12.8. The molecule has 1 amide bonds. The van der Waals surface area contributed by atoms with Crippen molar-refractivity contribution in [2.75, 3.05) is 6.54 Å². The molecule has 1 aliphatic carbocycles. The fourth-order valence-electron chi connectivity index (χ4n) is 3.60. The number of hydrogen-bond donors (Lipinski definition) is 2. The molecule has 27 heavy (non-hydrogen) atoms. The van der Waals surface area contributed by atoms with Crippen LogP contribution in [0.4, 0.5) is 0 Å². The predicted molar refractivity (Wildman–Crippen MR) is 106 cm³/mol. The van der Waals surface area contributed by atoms with Gasteiger partial charge in [-0.05, 0) is 49.6 Å². The van der Waals surface area contributed by atoms with Crippen molar-refractivity contribution in [3.05, 3.63) is 60.5 Å². The van der Waals surface area contributed by atoms with Crippen LogP contribution < -0.4 is 11.1 Å². The molecule has 2 aromatic heterocycles. The number of nitrogens with zero attached hydrogens (tertiary/aromatic N) is 2. The maximum Gasteiger partial charge on any atom is 0.270 e. The maximum absolute atomic E-state index is 13.0. The maximum atomic E-state index is 13.0. The Balaban J connectivity index is 0.00000210. The molecular formula is C20H23ClN4O2. The Morgan fingerprint density at radius 3 is 2.74 bits per heavy atom. The van der Waals surface area contributed by atoms with E-state index in [0.717, 1.165) is 24.9 Å². The molecule has 0 aliphatic heterocycles. The number of hydrogen-bond acceptors (Lipinski definition) is 4. The number of amides is 1. The Hall–Kier alpha value is -2.57. The van der Waals surface area contributed by atoms with E-state index in [2.05, 4.69) is 10.4 Å². The molecule has 0 saturated heterocycles. The van der Waals surface area contributed by atoms with Gasteiger partial charge in [0.25, 0.3) is 5.91 Å². The van der Waals surface area contributed by atoms with Gasteiger partial charge in [0.05, 0.1) is 12.0 Å². The van der Waals surface area contributed by atoms with Crippen LogP contribution in [-0.4, -0.2) is 28.3 Å². The molecule has 0 bridgehead atoms. The molecule has 7 heteroatoms. The van der Waals surface area contributed by atoms with E-state index in [-0.39, 0.29) is 24.4 Å². The lowest BCUT2D eigenvalue weighted by Gasteiger charge is -2.19. The topological polar surface area (TPSA) is 86.1 Å². The average molecular weight is 387 g/mol. The van der Waals surface area contributed by atoms with Gasteiger partial charge in [0.15, 0.2) is 5.76 Å². The third-order valence-corrected chi connectivity index (χ3v) is 4.99. The zero-order valence-electron chi connectivity index (χ0n) is 14.9. The highest BCUT2D eigenvalue weighted by atomic mass is 35.5. The fraction of sp³-hybridized carbons (Fsp3) is 0.300. The van der Waals surface area contributed by atoms with Gasteiger partial charge >= 0.3 is 0 Å². The normalized spacial score (nSPS) is 18.9. The number of carbonyl (C=O) groups excluding carboxylic acids is 1. The van der Waals surface area contributed by atoms with E-state index in [1.807, 2.05) is 36.4 Å². The van der Waals surface area contributed by atoms with Crippen LogP contribution in [0.1, 0.15) is 29.8 Å². The van der Waals surface area contributed by atoms with Gasteiger partial charge in [-0.15, -0.1) is 12.4 Å². The minimum atomic E-state index is -0.135. The molecule has 1 aliphatic rings. The summed E-state index contributed by atoms with van der Waals surface area (Å²) in [6.45, 7) is 0.598. The van der Waals surface area contributed by atoms with Crippen LogP contribution in [0.25, 0.3) is 17.1 Å². The Morgan fingerprint density at radius 1 is 1.22 bits per heavy atom. The van der Waals surface area contributed by atoms with Gasteiger partial charge in [-0.25, -0.2) is 4.68 Å². The molecule has 1 saturated carbocycles. The lowest BCUT2D eigenvalue weighted by atomic mass is 10.0. The quantitative estimate of drug-likeness (QED) is 0.703. The van der Waals surface area contributed by atoms with Crippen molar-refractivity contribution in [2.45, 2.75) is 25.3 Å². The van der Waals surface area contributed by atoms with Crippen LogP contribution in [0, 0.1) is 5.92 Å². The molecule has 3 N–H and O–H groups in total. The Kier molecular flexibility index (Phi) is 5.98. The van der Waals surface area contributed by atoms with E-state index in [1.54, 1.807) is 23.1 Å². The number of nitrogens with two attached hydrogens (primary N) is 1. The van der Waals surface area contributed by atoms with Crippen LogP contribution in [0.3, 0.4) is 0 Å². The predicted octanol–water partition coefficient (Wildman–Crippen LogP) is 3.41. The van der Waals surface area contributed by atoms with Gasteiger partial charge < -0.3 is 15.5 Å². The molecule has 2 atom stereocenters. The summed E-state index contributed by atoms with van der Waals surface area (Å²) in [5.41, 5.74) is 7.80. The zero-order valence-corrected chi connectivity index (χ0v) is 15.7. The lowest BCUT2D eigenvalue weighted by molar-refractivity contribution is 0.0921. The molecule has 1 aromatic carbocycles. The van der Waals surface area contributed by atoms with E-state index in [9.17, 15) is 4.79 Å². The molecule has 3 aromatic rings. The number of para-hydroxylation sites is 1. The summed E-state index contributed by atoms with van der Waals surface area (Å²) in [6.07, 6.45) is 4.73. The van der Waals surface area contributed by atoms with Gasteiger partial charge in [0, 0.05) is 12.1 Å². The first-order valence-electron chi connectivity index (χ1n) is 8.96. The monoisotopic (exact) mass is 386 g/mol. The van der Waals surface area contributed by atoms with Crippen LogP contribution in [0.2, 0.25) is 0 Å². The highest BCUT2D eigenvalue weighted by molar-refractivity contribution is 5.94. The number of furan rings is 1. The number of benzene rings is 1. The van der Waals surface area contributed by atoms with Gasteiger partial charge in [-0.2, -0.15) is 5.10 Å². The molecule has 4 rings (SSSR count). The zero-order chi connectivity index (χ0) is 17.9. The molecular weight excluding hydrogens is 364 g/mol. The molecule has 1 fully saturated rings. The van der Waals surface area contributed by atoms with Crippen molar-refractivity contribution in [1.29, 1.82) is 0 Å². The third-order valence-electron chi connectivity index (χ3n) is 4.99. The van der Waals surface area contributed by atoms with Gasteiger partial charge in [-0.1, -0.05) is 24.6 Å². The van der Waals surface area contributed by atoms with E-state index in [0.29, 0.717) is 29.6 Å². The van der Waals surface area contributed by atoms with Crippen LogP contribution in [-0.2, 0) is 0 Å². The highest BCUT2D eigenvalue weighted by Gasteiger charge is 2.29. The number of rotatable bonds is 5. The van der Waals surface area contributed by atoms with Gasteiger partial charge in [-0.3, -0.25) is 4.79 Å². The third kappa shape index (κ3) is 3.91. The second-order valence-electron chi connectivity index (χ2n) is 6.65. The van der Waals surface area contributed by atoms with Crippen molar-refractivity contribution in [1.82, 2.24) is 15.1 Å². The van der Waals surface area contributed by atoms with Crippen molar-refractivity contribution >= 4 is 18.3 Å². The van der Waals surface area contributed by atoms with E-state index >= 15 is 0 Å². The van der Waals surface area contributed by atoms with E-state index in [4.69, 9.17) is 10.2 Å². The number of aromatic nitrogens is 2. The minimum Gasteiger partial charge on any atom is -0.463 e. The summed E-state index contributed by atoms with van der Waals surface area (Å²) in [7, 11) is 0. The fourth-order valence-corrected chi connectivity index (χ4v) is 3.60. The number of nitrogens with one attached hydrogen (secondary N) is 1. The number of halogens is 1. The first kappa shape index (κ1) is 19.2. The van der Waals surface area contributed by atoms with Crippen LogP contribution in [0.5, 0.6) is 0 Å². The lowest BCUT2D eigenvalue weighted by Crippen LogP contribution is -2.40. The summed E-state index contributed by atoms with van der Waals surface area (Å²) in [6, 6.07) is 15.2. The van der Waals surface area contributed by atoms with Crippen LogP contribution >= 0.6 is 12.4 Å². The summed E-state index contributed by atoms with van der Waals surface area (Å²) < 4.78 is 7.11. The first-order valence-corrected chi connectivity index (χ1v) is 8.96. The van der Waals surface area contributed by atoms with Crippen molar-refractivity contribution in [3.63, 3.8) is 0 Å². The van der Waals surface area contributed by atoms with Crippen LogP contribution in [0.15, 0.2) is 59.2 Å². The largest absolute Gasteiger partial charge is 0.463 e. The highest BCUT2D eigenvalue weighted by Crippen LogP contribution is 2.26. The minimum absolute atomic E-state index is 0. The second kappa shape index (κ2) is 8.41.